The summed E-state index contributed by atoms with van der Waals surface area (Å²) in [4.78, 5) is 14.9. The summed E-state index contributed by atoms with van der Waals surface area (Å²) < 4.78 is 48.5. The zero-order valence-electron chi connectivity index (χ0n) is 18.0. The van der Waals surface area contributed by atoms with E-state index < -0.39 is 23.9 Å². The number of nitrogens with zero attached hydrogens (tertiary/aromatic N) is 1. The first-order chi connectivity index (χ1) is 15.0. The van der Waals surface area contributed by atoms with Gasteiger partial charge in [-0.15, -0.1) is 12.4 Å². The Labute approximate surface area is 190 Å². The van der Waals surface area contributed by atoms with Gasteiger partial charge in [0.15, 0.2) is 23.1 Å². The summed E-state index contributed by atoms with van der Waals surface area (Å²) in [6.45, 7) is 0.484. The van der Waals surface area contributed by atoms with Gasteiger partial charge in [-0.2, -0.15) is 0 Å². The Morgan fingerprint density at radius 2 is 1.78 bits per heavy atom. The minimum absolute atomic E-state index is 0. The van der Waals surface area contributed by atoms with Gasteiger partial charge in [-0.1, -0.05) is 6.07 Å². The summed E-state index contributed by atoms with van der Waals surface area (Å²) in [7, 11) is 6.38. The molecule has 0 saturated heterocycles. The number of benzene rings is 2. The number of hydrogen-bond acceptors (Lipinski definition) is 8. The molecule has 10 heteroatoms. The van der Waals surface area contributed by atoms with Gasteiger partial charge in [-0.25, -0.2) is 9.18 Å². The molecule has 32 heavy (non-hydrogen) atoms. The molecule has 2 aromatic carbocycles. The summed E-state index contributed by atoms with van der Waals surface area (Å²) in [5.41, 5.74) is 2.03. The van der Waals surface area contributed by atoms with Crippen LogP contribution in [-0.4, -0.2) is 52.6 Å². The first kappa shape index (κ1) is 22.3. The van der Waals surface area contributed by atoms with Crippen molar-refractivity contribution in [1.82, 2.24) is 4.90 Å². The van der Waals surface area contributed by atoms with Crippen LogP contribution >= 0.6 is 12.4 Å². The molecule has 0 fully saturated rings. The van der Waals surface area contributed by atoms with E-state index in [9.17, 15) is 4.79 Å². The van der Waals surface area contributed by atoms with Gasteiger partial charge in [0.25, 0.3) is 0 Å². The average Bonchev–Trinajstić information content (AvgIpc) is 3.39. The van der Waals surface area contributed by atoms with Crippen molar-refractivity contribution in [1.29, 1.82) is 0 Å². The number of rotatable bonds is 4. The van der Waals surface area contributed by atoms with Crippen LogP contribution in [0.4, 0.5) is 4.39 Å². The van der Waals surface area contributed by atoms with Gasteiger partial charge in [-0.3, -0.25) is 4.90 Å². The topological polar surface area (TPSA) is 75.7 Å². The SMILES string of the molecule is COc1ccc2c(c1OC)C(=O)O[C@@H]2C1c2c(c(F)c3c(c2OC)OCO3)CCN1C.Cl. The first-order valence-electron chi connectivity index (χ1n) is 9.85. The van der Waals surface area contributed by atoms with Gasteiger partial charge < -0.3 is 28.4 Å². The fourth-order valence-electron chi connectivity index (χ4n) is 4.78. The lowest BCUT2D eigenvalue weighted by atomic mass is 9.85. The Morgan fingerprint density at radius 1 is 1.06 bits per heavy atom. The number of carbonyl (C=O) groups is 1. The van der Waals surface area contributed by atoms with Crippen molar-refractivity contribution in [2.24, 2.45) is 0 Å². The van der Waals surface area contributed by atoms with E-state index in [1.807, 2.05) is 11.9 Å². The maximum Gasteiger partial charge on any atom is 0.343 e. The first-order valence-corrected chi connectivity index (χ1v) is 9.85. The standard InChI is InChI=1S/C22H22FNO7.ClH/c1-24-8-7-10-13(19(28-4)21-20(15(10)23)29-9-30-21)16(24)17-11-5-6-12(26-2)18(27-3)14(11)22(25)31-17;/h5-6,16-17H,7-9H2,1-4H3;1H/t16?,17-;/m0./s1. The van der Waals surface area contributed by atoms with Crippen molar-refractivity contribution in [3.8, 4) is 28.7 Å². The van der Waals surface area contributed by atoms with Gasteiger partial charge in [0, 0.05) is 23.2 Å². The molecule has 0 spiro atoms. The van der Waals surface area contributed by atoms with Gasteiger partial charge in [0.1, 0.15) is 11.7 Å². The summed E-state index contributed by atoms with van der Waals surface area (Å²) >= 11 is 0. The second-order valence-electron chi connectivity index (χ2n) is 7.57. The van der Waals surface area contributed by atoms with E-state index in [0.29, 0.717) is 52.5 Å². The van der Waals surface area contributed by atoms with Crippen molar-refractivity contribution in [3.05, 3.63) is 40.2 Å². The summed E-state index contributed by atoms with van der Waals surface area (Å²) in [5.74, 6) is 0.462. The van der Waals surface area contributed by atoms with Crippen molar-refractivity contribution < 1.29 is 37.6 Å². The van der Waals surface area contributed by atoms with E-state index in [1.54, 1.807) is 12.1 Å². The maximum absolute atomic E-state index is 15.3. The maximum atomic E-state index is 15.3. The molecule has 8 nitrogen and oxygen atoms in total. The van der Waals surface area contributed by atoms with Crippen molar-refractivity contribution in [2.45, 2.75) is 18.6 Å². The molecule has 0 bridgehead atoms. The fourth-order valence-corrected chi connectivity index (χ4v) is 4.78. The van der Waals surface area contributed by atoms with Gasteiger partial charge in [-0.05, 0) is 19.5 Å². The van der Waals surface area contributed by atoms with Gasteiger partial charge in [0.2, 0.25) is 18.3 Å². The van der Waals surface area contributed by atoms with Crippen LogP contribution < -0.4 is 23.7 Å². The monoisotopic (exact) mass is 467 g/mol. The Bertz CT molecular complexity index is 1090. The molecule has 0 aliphatic carbocycles. The van der Waals surface area contributed by atoms with E-state index >= 15 is 4.39 Å². The molecule has 172 valence electrons. The predicted molar refractivity (Wildman–Crippen MR) is 113 cm³/mol. The van der Waals surface area contributed by atoms with Crippen LogP contribution in [0.1, 0.15) is 39.2 Å². The number of fused-ring (bicyclic) bond motifs is 3. The largest absolute Gasteiger partial charge is 0.493 e. The highest BCUT2D eigenvalue weighted by molar-refractivity contribution is 5.98. The van der Waals surface area contributed by atoms with Crippen molar-refractivity contribution in [3.63, 3.8) is 0 Å². The zero-order chi connectivity index (χ0) is 21.9. The molecule has 0 saturated carbocycles. The van der Waals surface area contributed by atoms with Gasteiger partial charge >= 0.3 is 5.97 Å². The van der Waals surface area contributed by atoms with Gasteiger partial charge in [0.05, 0.1) is 27.4 Å². The second kappa shape index (κ2) is 8.22. The third-order valence-electron chi connectivity index (χ3n) is 6.15. The molecular formula is C22H23ClFNO7. The smallest absolute Gasteiger partial charge is 0.343 e. The molecule has 0 radical (unpaired) electrons. The lowest BCUT2D eigenvalue weighted by Gasteiger charge is -2.38. The molecule has 0 aromatic heterocycles. The molecule has 2 atom stereocenters. The molecule has 0 amide bonds. The van der Waals surface area contributed by atoms with Crippen molar-refractivity contribution >= 4 is 18.4 Å². The van der Waals surface area contributed by atoms with Crippen LogP contribution in [0.15, 0.2) is 12.1 Å². The summed E-state index contributed by atoms with van der Waals surface area (Å²) in [6.07, 6.45) is -0.235. The number of halogens is 2. The quantitative estimate of drug-likeness (QED) is 0.633. The molecular weight excluding hydrogens is 445 g/mol. The Hall–Kier alpha value is -2.91. The number of likely N-dealkylation sites (N-methyl/N-ethyl adjacent to an activating group) is 1. The van der Waals surface area contributed by atoms with E-state index in [4.69, 9.17) is 28.4 Å². The number of carbonyl (C=O) groups excluding carboxylic acids is 1. The van der Waals surface area contributed by atoms with Crippen LogP contribution in [0.25, 0.3) is 0 Å². The Morgan fingerprint density at radius 3 is 2.47 bits per heavy atom. The second-order valence-corrected chi connectivity index (χ2v) is 7.57. The molecule has 3 aliphatic rings. The van der Waals surface area contributed by atoms with E-state index in [1.165, 1.54) is 21.3 Å². The molecule has 3 heterocycles. The zero-order valence-corrected chi connectivity index (χ0v) is 18.8. The van der Waals surface area contributed by atoms with Crippen LogP contribution in [0.5, 0.6) is 28.7 Å². The molecule has 3 aliphatic heterocycles. The summed E-state index contributed by atoms with van der Waals surface area (Å²) in [5, 5.41) is 0. The Balaban J connectivity index is 0.00000245. The number of cyclic esters (lactones) is 1. The number of methoxy groups -OCH3 is 3. The minimum atomic E-state index is -0.694. The number of esters is 1. The predicted octanol–water partition coefficient (Wildman–Crippen LogP) is 3.44. The molecule has 1 unspecified atom stereocenters. The number of hydrogen-bond donors (Lipinski definition) is 0. The molecule has 2 aromatic rings. The average molecular weight is 468 g/mol. The molecule has 0 N–H and O–H groups in total. The van der Waals surface area contributed by atoms with Crippen LogP contribution in [-0.2, 0) is 11.2 Å². The lowest BCUT2D eigenvalue weighted by molar-refractivity contribution is 0.00854. The van der Waals surface area contributed by atoms with Crippen LogP contribution in [0.2, 0.25) is 0 Å². The highest BCUT2D eigenvalue weighted by Crippen LogP contribution is 2.56. The number of ether oxygens (including phenoxy) is 6. The summed E-state index contributed by atoms with van der Waals surface area (Å²) in [6, 6.07) is 3.02. The van der Waals surface area contributed by atoms with Crippen molar-refractivity contribution in [2.75, 3.05) is 41.7 Å². The van der Waals surface area contributed by atoms with E-state index in [-0.39, 0.29) is 30.7 Å². The minimum Gasteiger partial charge on any atom is -0.493 e. The van der Waals surface area contributed by atoms with Crippen LogP contribution in [0, 0.1) is 5.82 Å². The highest BCUT2D eigenvalue weighted by Gasteiger charge is 2.47. The lowest BCUT2D eigenvalue weighted by Crippen LogP contribution is -2.36. The van der Waals surface area contributed by atoms with E-state index in [0.717, 1.165) is 0 Å². The highest BCUT2D eigenvalue weighted by atomic mass is 35.5. The molecule has 5 rings (SSSR count). The van der Waals surface area contributed by atoms with E-state index in [2.05, 4.69) is 0 Å². The fraction of sp³-hybridized carbons (Fsp3) is 0.409. The third-order valence-corrected chi connectivity index (χ3v) is 6.15. The Kier molecular flexibility index (Phi) is 5.72. The normalized spacial score (nSPS) is 20.7. The van der Waals surface area contributed by atoms with Crippen LogP contribution in [0.3, 0.4) is 0 Å². The third kappa shape index (κ3) is 2.95.